The van der Waals surface area contributed by atoms with E-state index in [1.54, 1.807) is 6.92 Å². The van der Waals surface area contributed by atoms with Gasteiger partial charge in [-0.2, -0.15) is 0 Å². The first-order valence-corrected chi connectivity index (χ1v) is 4.17. The van der Waals surface area contributed by atoms with Crippen LogP contribution in [-0.4, -0.2) is 9.91 Å². The van der Waals surface area contributed by atoms with Gasteiger partial charge in [-0.3, -0.25) is 10.1 Å². The van der Waals surface area contributed by atoms with E-state index in [9.17, 15) is 10.1 Å². The predicted octanol–water partition coefficient (Wildman–Crippen LogP) is 1.49. The van der Waals surface area contributed by atoms with Crippen LogP contribution >= 0.6 is 22.6 Å². The number of nitrogen functional groups attached to an aromatic ring is 1. The maximum atomic E-state index is 10.5. The van der Waals surface area contributed by atoms with Gasteiger partial charge in [0, 0.05) is 15.3 Å². The van der Waals surface area contributed by atoms with Crippen molar-refractivity contribution in [1.82, 2.24) is 4.98 Å². The summed E-state index contributed by atoms with van der Waals surface area (Å²) in [4.78, 5) is 13.7. The molecule has 5 nitrogen and oxygen atoms in total. The molecule has 1 rings (SSSR count). The number of hydrogen-bond donors (Lipinski definition) is 1. The highest BCUT2D eigenvalue weighted by atomic mass is 127. The largest absolute Gasteiger partial charge is 0.378 e. The maximum absolute atomic E-state index is 10.5. The molecule has 12 heavy (non-hydrogen) atoms. The van der Waals surface area contributed by atoms with Gasteiger partial charge in [0.1, 0.15) is 0 Å². The summed E-state index contributed by atoms with van der Waals surface area (Å²) in [6.07, 6.45) is 1.51. The summed E-state index contributed by atoms with van der Waals surface area (Å²) in [7, 11) is 0. The first-order chi connectivity index (χ1) is 5.54. The Labute approximate surface area is 82.3 Å². The summed E-state index contributed by atoms with van der Waals surface area (Å²) in [5.41, 5.74) is 5.80. The van der Waals surface area contributed by atoms with Gasteiger partial charge in [-0.15, -0.1) is 0 Å². The van der Waals surface area contributed by atoms with Gasteiger partial charge in [0.05, 0.1) is 4.92 Å². The lowest BCUT2D eigenvalue weighted by Crippen LogP contribution is -2.01. The minimum absolute atomic E-state index is 0.0297. The Morgan fingerprint density at radius 3 is 2.75 bits per heavy atom. The van der Waals surface area contributed by atoms with E-state index in [0.717, 1.165) is 3.57 Å². The van der Waals surface area contributed by atoms with Crippen LogP contribution in [0, 0.1) is 20.6 Å². The molecule has 0 radical (unpaired) electrons. The third kappa shape index (κ3) is 1.47. The van der Waals surface area contributed by atoms with Crippen molar-refractivity contribution in [3.05, 3.63) is 25.4 Å². The number of halogens is 1. The molecule has 0 aliphatic heterocycles. The first kappa shape index (κ1) is 9.17. The van der Waals surface area contributed by atoms with E-state index in [-0.39, 0.29) is 11.5 Å². The highest BCUT2D eigenvalue weighted by Crippen LogP contribution is 2.26. The molecule has 0 bridgehead atoms. The van der Waals surface area contributed by atoms with E-state index in [1.165, 1.54) is 6.20 Å². The normalized spacial score (nSPS) is 9.83. The van der Waals surface area contributed by atoms with Crippen molar-refractivity contribution in [3.63, 3.8) is 0 Å². The van der Waals surface area contributed by atoms with Crippen molar-refractivity contribution in [1.29, 1.82) is 0 Å². The SMILES string of the molecule is Cc1c(I)cnc(N)c1[N+](=O)[O-]. The summed E-state index contributed by atoms with van der Waals surface area (Å²) >= 11 is 1.98. The second-order valence-electron chi connectivity index (χ2n) is 2.22. The molecule has 6 heteroatoms. The van der Waals surface area contributed by atoms with Crippen LogP contribution in [0.1, 0.15) is 5.56 Å². The molecule has 1 heterocycles. The molecule has 0 spiro atoms. The smallest absolute Gasteiger partial charge is 0.315 e. The van der Waals surface area contributed by atoms with Gasteiger partial charge in [0.25, 0.3) is 0 Å². The minimum Gasteiger partial charge on any atom is -0.378 e. The number of nitrogens with zero attached hydrogens (tertiary/aromatic N) is 2. The average Bonchev–Trinajstić information content (AvgIpc) is 1.97. The highest BCUT2D eigenvalue weighted by molar-refractivity contribution is 14.1. The maximum Gasteiger partial charge on any atom is 0.315 e. The Bertz CT molecular complexity index is 340. The summed E-state index contributed by atoms with van der Waals surface area (Å²) < 4.78 is 0.744. The van der Waals surface area contributed by atoms with Crippen molar-refractivity contribution in [2.75, 3.05) is 5.73 Å². The Hall–Kier alpha value is -0.920. The third-order valence-electron chi connectivity index (χ3n) is 1.46. The molecule has 0 amide bonds. The topological polar surface area (TPSA) is 82.0 Å². The average molecular weight is 279 g/mol. The number of aromatic nitrogens is 1. The van der Waals surface area contributed by atoms with Crippen LogP contribution in [-0.2, 0) is 0 Å². The lowest BCUT2D eigenvalue weighted by Gasteiger charge is -2.00. The molecule has 0 aliphatic carbocycles. The fourth-order valence-corrected chi connectivity index (χ4v) is 1.21. The van der Waals surface area contributed by atoms with Crippen LogP contribution < -0.4 is 5.73 Å². The summed E-state index contributed by atoms with van der Waals surface area (Å²) in [6, 6.07) is 0. The number of nitro groups is 1. The van der Waals surface area contributed by atoms with Crippen molar-refractivity contribution < 1.29 is 4.92 Å². The third-order valence-corrected chi connectivity index (χ3v) is 2.54. The second-order valence-corrected chi connectivity index (χ2v) is 3.38. The fourth-order valence-electron chi connectivity index (χ4n) is 0.820. The molecule has 0 fully saturated rings. The van der Waals surface area contributed by atoms with Crippen molar-refractivity contribution in [3.8, 4) is 0 Å². The Morgan fingerprint density at radius 1 is 1.75 bits per heavy atom. The number of anilines is 1. The van der Waals surface area contributed by atoms with Crippen LogP contribution in [0.4, 0.5) is 11.5 Å². The van der Waals surface area contributed by atoms with Gasteiger partial charge in [-0.05, 0) is 29.5 Å². The molecule has 64 valence electrons. The monoisotopic (exact) mass is 279 g/mol. The molecule has 1 aromatic heterocycles. The zero-order valence-electron chi connectivity index (χ0n) is 6.24. The number of hydrogen-bond acceptors (Lipinski definition) is 4. The van der Waals surface area contributed by atoms with Crippen LogP contribution in [0.15, 0.2) is 6.20 Å². The van der Waals surface area contributed by atoms with E-state index in [4.69, 9.17) is 5.73 Å². The van der Waals surface area contributed by atoms with Crippen molar-refractivity contribution in [2.24, 2.45) is 0 Å². The molecule has 0 aromatic carbocycles. The van der Waals surface area contributed by atoms with E-state index < -0.39 is 4.92 Å². The zero-order chi connectivity index (χ0) is 9.30. The van der Waals surface area contributed by atoms with Gasteiger partial charge >= 0.3 is 5.69 Å². The summed E-state index contributed by atoms with van der Waals surface area (Å²) in [5.74, 6) is -0.0297. The van der Waals surface area contributed by atoms with Gasteiger partial charge in [0.15, 0.2) is 0 Å². The first-order valence-electron chi connectivity index (χ1n) is 3.09. The second kappa shape index (κ2) is 3.21. The van der Waals surface area contributed by atoms with Gasteiger partial charge in [-0.25, -0.2) is 4.98 Å². The molecule has 0 atom stereocenters. The molecular formula is C6H6IN3O2. The Morgan fingerprint density at radius 2 is 2.33 bits per heavy atom. The number of pyridine rings is 1. The van der Waals surface area contributed by atoms with Crippen LogP contribution in [0.2, 0.25) is 0 Å². The van der Waals surface area contributed by atoms with Crippen molar-refractivity contribution >= 4 is 34.1 Å². The summed E-state index contributed by atoms with van der Waals surface area (Å²) in [5, 5.41) is 10.5. The van der Waals surface area contributed by atoms with Crippen LogP contribution in [0.25, 0.3) is 0 Å². The quantitative estimate of drug-likeness (QED) is 0.479. The Balaban J connectivity index is 3.43. The molecule has 0 saturated heterocycles. The lowest BCUT2D eigenvalue weighted by molar-refractivity contribution is -0.384. The molecule has 0 saturated carbocycles. The standard InChI is InChI=1S/C6H6IN3O2/c1-3-4(7)2-9-6(8)5(3)10(11)12/h2H,1H3,(H2,8,9). The molecule has 1 aromatic rings. The molecule has 0 aliphatic rings. The number of nitrogens with two attached hydrogens (primary N) is 1. The molecule has 2 N–H and O–H groups in total. The lowest BCUT2D eigenvalue weighted by atomic mass is 10.2. The predicted molar refractivity (Wildman–Crippen MR) is 52.8 cm³/mol. The summed E-state index contributed by atoms with van der Waals surface area (Å²) in [6.45, 7) is 1.65. The Kier molecular flexibility index (Phi) is 2.46. The van der Waals surface area contributed by atoms with E-state index in [0.29, 0.717) is 5.56 Å². The van der Waals surface area contributed by atoms with Gasteiger partial charge in [0.2, 0.25) is 5.82 Å². The molecule has 0 unspecified atom stereocenters. The van der Waals surface area contributed by atoms with Crippen LogP contribution in [0.5, 0.6) is 0 Å². The van der Waals surface area contributed by atoms with E-state index >= 15 is 0 Å². The highest BCUT2D eigenvalue weighted by Gasteiger charge is 2.18. The number of rotatable bonds is 1. The van der Waals surface area contributed by atoms with Gasteiger partial charge < -0.3 is 5.73 Å². The van der Waals surface area contributed by atoms with Crippen molar-refractivity contribution in [2.45, 2.75) is 6.92 Å². The fraction of sp³-hybridized carbons (Fsp3) is 0.167. The van der Waals surface area contributed by atoms with Gasteiger partial charge in [-0.1, -0.05) is 0 Å². The zero-order valence-corrected chi connectivity index (χ0v) is 8.40. The van der Waals surface area contributed by atoms with E-state index in [1.807, 2.05) is 22.6 Å². The molecular weight excluding hydrogens is 273 g/mol. The van der Waals surface area contributed by atoms with Crippen LogP contribution in [0.3, 0.4) is 0 Å². The van der Waals surface area contributed by atoms with E-state index in [2.05, 4.69) is 4.98 Å². The minimum atomic E-state index is -0.514.